The molecule has 0 heterocycles. The predicted octanol–water partition coefficient (Wildman–Crippen LogP) is 0.871. The maximum absolute atomic E-state index is 11.7. The van der Waals surface area contributed by atoms with E-state index in [1.807, 2.05) is 0 Å². The van der Waals surface area contributed by atoms with Crippen molar-refractivity contribution in [3.63, 3.8) is 0 Å². The number of nitrogens with one attached hydrogen (secondary N) is 1. The Bertz CT molecular complexity index is 564. The van der Waals surface area contributed by atoms with Crippen LogP contribution < -0.4 is 10.5 Å². The van der Waals surface area contributed by atoms with Crippen LogP contribution in [0, 0.1) is 0 Å². The van der Waals surface area contributed by atoms with E-state index >= 15 is 0 Å². The number of carboxylic acid groups (broad SMARTS) is 1. The molecule has 1 aliphatic carbocycles. The Kier molecular flexibility index (Phi) is 2.70. The van der Waals surface area contributed by atoms with E-state index in [1.165, 1.54) is 18.2 Å². The Morgan fingerprint density at radius 1 is 1.41 bits per heavy atom. The van der Waals surface area contributed by atoms with Gasteiger partial charge in [0, 0.05) is 5.69 Å². The van der Waals surface area contributed by atoms with Crippen molar-refractivity contribution in [1.82, 2.24) is 0 Å². The van der Waals surface area contributed by atoms with E-state index in [0.717, 1.165) is 0 Å². The highest BCUT2D eigenvalue weighted by Crippen LogP contribution is 2.31. The Morgan fingerprint density at radius 3 is 2.59 bits per heavy atom. The van der Waals surface area contributed by atoms with Crippen molar-refractivity contribution in [2.45, 2.75) is 18.1 Å². The van der Waals surface area contributed by atoms with Crippen molar-refractivity contribution in [1.29, 1.82) is 0 Å². The molecule has 1 aromatic rings. The molecule has 92 valence electrons. The summed E-state index contributed by atoms with van der Waals surface area (Å²) in [5.74, 6) is -1.22. The van der Waals surface area contributed by atoms with Crippen LogP contribution in [0.4, 0.5) is 11.4 Å². The summed E-state index contributed by atoms with van der Waals surface area (Å²) in [5.41, 5.74) is 5.65. The zero-order chi connectivity index (χ0) is 12.6. The van der Waals surface area contributed by atoms with Crippen molar-refractivity contribution in [3.8, 4) is 0 Å². The summed E-state index contributed by atoms with van der Waals surface area (Å²) in [7, 11) is -3.46. The van der Waals surface area contributed by atoms with Crippen LogP contribution >= 0.6 is 0 Å². The number of hydrogen-bond donors (Lipinski definition) is 3. The second-order valence-corrected chi connectivity index (χ2v) is 5.92. The van der Waals surface area contributed by atoms with Crippen LogP contribution in [0.2, 0.25) is 0 Å². The van der Waals surface area contributed by atoms with E-state index in [0.29, 0.717) is 12.8 Å². The number of nitrogen functional groups attached to an aromatic ring is 1. The van der Waals surface area contributed by atoms with Crippen molar-refractivity contribution >= 4 is 27.4 Å². The molecule has 0 unspecified atom stereocenters. The molecule has 17 heavy (non-hydrogen) atoms. The number of sulfonamides is 1. The Hall–Kier alpha value is -1.76. The van der Waals surface area contributed by atoms with Crippen LogP contribution in [-0.4, -0.2) is 24.7 Å². The van der Waals surface area contributed by atoms with Crippen LogP contribution in [0.5, 0.6) is 0 Å². The van der Waals surface area contributed by atoms with Crippen molar-refractivity contribution in [3.05, 3.63) is 23.8 Å². The summed E-state index contributed by atoms with van der Waals surface area (Å²) in [5, 5.41) is 8.55. The normalized spacial score (nSPS) is 15.5. The maximum atomic E-state index is 11.7. The molecule has 6 nitrogen and oxygen atoms in total. The molecular formula is C10H12N2O4S. The fourth-order valence-corrected chi connectivity index (χ4v) is 2.85. The maximum Gasteiger partial charge on any atom is 0.337 e. The highest BCUT2D eigenvalue weighted by atomic mass is 32.2. The average molecular weight is 256 g/mol. The van der Waals surface area contributed by atoms with Gasteiger partial charge in [-0.3, -0.25) is 4.72 Å². The number of carboxylic acids is 1. The first-order valence-corrected chi connectivity index (χ1v) is 6.59. The lowest BCUT2D eigenvalue weighted by atomic mass is 10.1. The molecule has 4 N–H and O–H groups in total. The third kappa shape index (κ3) is 2.50. The first-order chi connectivity index (χ1) is 7.90. The van der Waals surface area contributed by atoms with E-state index in [-0.39, 0.29) is 16.9 Å². The lowest BCUT2D eigenvalue weighted by molar-refractivity contribution is 0.0698. The molecule has 0 aromatic heterocycles. The van der Waals surface area contributed by atoms with Gasteiger partial charge in [0.2, 0.25) is 10.0 Å². The second-order valence-electron chi connectivity index (χ2n) is 3.96. The zero-order valence-electron chi connectivity index (χ0n) is 8.88. The smallest absolute Gasteiger partial charge is 0.337 e. The van der Waals surface area contributed by atoms with Gasteiger partial charge in [-0.2, -0.15) is 0 Å². The van der Waals surface area contributed by atoms with Crippen LogP contribution in [0.3, 0.4) is 0 Å². The third-order valence-corrected chi connectivity index (χ3v) is 4.34. The molecule has 0 aliphatic heterocycles. The molecule has 1 aliphatic rings. The van der Waals surface area contributed by atoms with Gasteiger partial charge in [0.1, 0.15) is 0 Å². The van der Waals surface area contributed by atoms with Crippen LogP contribution in [-0.2, 0) is 10.0 Å². The largest absolute Gasteiger partial charge is 0.478 e. The van der Waals surface area contributed by atoms with E-state index in [1.54, 1.807) is 0 Å². The number of aromatic carboxylic acids is 1. The van der Waals surface area contributed by atoms with Gasteiger partial charge in [0.25, 0.3) is 0 Å². The van der Waals surface area contributed by atoms with Gasteiger partial charge < -0.3 is 10.8 Å². The van der Waals surface area contributed by atoms with Gasteiger partial charge in [-0.15, -0.1) is 0 Å². The highest BCUT2D eigenvalue weighted by Gasteiger charge is 2.36. The van der Waals surface area contributed by atoms with E-state index in [4.69, 9.17) is 10.8 Å². The minimum absolute atomic E-state index is 0.0543. The van der Waals surface area contributed by atoms with Crippen LogP contribution in [0.25, 0.3) is 0 Å². The van der Waals surface area contributed by atoms with Crippen molar-refractivity contribution < 1.29 is 18.3 Å². The Balaban J connectivity index is 2.35. The van der Waals surface area contributed by atoms with E-state index in [2.05, 4.69) is 4.72 Å². The molecule has 0 spiro atoms. The second kappa shape index (κ2) is 3.92. The van der Waals surface area contributed by atoms with Crippen LogP contribution in [0.1, 0.15) is 23.2 Å². The van der Waals surface area contributed by atoms with Gasteiger partial charge in [-0.25, -0.2) is 13.2 Å². The molecule has 0 amide bonds. The molecule has 7 heteroatoms. The minimum Gasteiger partial charge on any atom is -0.478 e. The summed E-state index contributed by atoms with van der Waals surface area (Å²) in [6.45, 7) is 0. The van der Waals surface area contributed by atoms with Crippen molar-refractivity contribution in [2.75, 3.05) is 10.5 Å². The molecule has 0 bridgehead atoms. The molecule has 1 aromatic carbocycles. The summed E-state index contributed by atoms with van der Waals surface area (Å²) in [4.78, 5) is 11.0. The fraction of sp³-hybridized carbons (Fsp3) is 0.300. The zero-order valence-corrected chi connectivity index (χ0v) is 9.70. The molecule has 0 atom stereocenters. The standard InChI is InChI=1S/C10H12N2O4S/c11-6-1-4-9(8(5-6)10(13)14)12-17(15,16)7-2-3-7/h1,4-5,7,12H,2-3,11H2,(H,13,14). The summed E-state index contributed by atoms with van der Waals surface area (Å²) in [6.07, 6.45) is 1.24. The monoisotopic (exact) mass is 256 g/mol. The highest BCUT2D eigenvalue weighted by molar-refractivity contribution is 7.93. The topological polar surface area (TPSA) is 109 Å². The summed E-state index contributed by atoms with van der Waals surface area (Å²) < 4.78 is 25.7. The Labute approximate surface area is 98.5 Å². The van der Waals surface area contributed by atoms with E-state index in [9.17, 15) is 13.2 Å². The van der Waals surface area contributed by atoms with Crippen molar-refractivity contribution in [2.24, 2.45) is 0 Å². The first kappa shape index (κ1) is 11.7. The number of hydrogen-bond acceptors (Lipinski definition) is 4. The van der Waals surface area contributed by atoms with Gasteiger partial charge in [0.05, 0.1) is 16.5 Å². The molecular weight excluding hydrogens is 244 g/mol. The molecule has 2 rings (SSSR count). The third-order valence-electron chi connectivity index (χ3n) is 2.49. The lowest BCUT2D eigenvalue weighted by Crippen LogP contribution is -2.19. The van der Waals surface area contributed by atoms with Gasteiger partial charge in [-0.05, 0) is 31.0 Å². The van der Waals surface area contributed by atoms with E-state index < -0.39 is 21.2 Å². The quantitative estimate of drug-likeness (QED) is 0.692. The lowest BCUT2D eigenvalue weighted by Gasteiger charge is -2.10. The molecule has 0 saturated heterocycles. The fourth-order valence-electron chi connectivity index (χ4n) is 1.44. The number of anilines is 2. The minimum atomic E-state index is -3.46. The molecule has 1 saturated carbocycles. The number of nitrogens with two attached hydrogens (primary N) is 1. The summed E-state index contributed by atoms with van der Waals surface area (Å²) in [6, 6.07) is 4.04. The van der Waals surface area contributed by atoms with Gasteiger partial charge in [0.15, 0.2) is 0 Å². The SMILES string of the molecule is Nc1ccc(NS(=O)(=O)C2CC2)c(C(=O)O)c1. The Morgan fingerprint density at radius 2 is 2.06 bits per heavy atom. The van der Waals surface area contributed by atoms with Gasteiger partial charge in [-0.1, -0.05) is 0 Å². The number of rotatable bonds is 4. The number of benzene rings is 1. The predicted molar refractivity (Wildman–Crippen MR) is 63.4 cm³/mol. The number of carbonyl (C=O) groups is 1. The molecule has 1 fully saturated rings. The van der Waals surface area contributed by atoms with Gasteiger partial charge >= 0.3 is 5.97 Å². The molecule has 0 radical (unpaired) electrons. The summed E-state index contributed by atoms with van der Waals surface area (Å²) >= 11 is 0. The first-order valence-electron chi connectivity index (χ1n) is 5.04. The van der Waals surface area contributed by atoms with Crippen LogP contribution in [0.15, 0.2) is 18.2 Å². The average Bonchev–Trinajstić information content (AvgIpc) is 3.03.